The van der Waals surface area contributed by atoms with Crippen LogP contribution in [0.25, 0.3) is 0 Å². The smallest absolute Gasteiger partial charge is 0.245 e. The Morgan fingerprint density at radius 3 is 2.76 bits per heavy atom. The quantitative estimate of drug-likeness (QED) is 0.882. The summed E-state index contributed by atoms with van der Waals surface area (Å²) in [7, 11) is 0. The van der Waals surface area contributed by atoms with Crippen LogP contribution in [0.3, 0.4) is 0 Å². The van der Waals surface area contributed by atoms with E-state index >= 15 is 0 Å². The molecule has 2 amide bonds. The first-order valence-electron chi connectivity index (χ1n) is 7.19. The van der Waals surface area contributed by atoms with Crippen LogP contribution in [-0.2, 0) is 16.1 Å². The first-order chi connectivity index (χ1) is 9.86. The van der Waals surface area contributed by atoms with E-state index in [4.69, 9.17) is 0 Å². The van der Waals surface area contributed by atoms with E-state index in [1.807, 2.05) is 23.3 Å². The average Bonchev–Trinajstić information content (AvgIpc) is 2.75. The minimum atomic E-state index is -0.397. The summed E-state index contributed by atoms with van der Waals surface area (Å²) in [5.41, 5.74) is 0. The van der Waals surface area contributed by atoms with Crippen molar-refractivity contribution in [3.63, 3.8) is 0 Å². The van der Waals surface area contributed by atoms with E-state index in [0.717, 1.165) is 9.35 Å². The Kier molecular flexibility index (Phi) is 5.43. The molecule has 1 aliphatic rings. The molecule has 0 aromatic carbocycles. The monoisotopic (exact) mass is 372 g/mol. The molecule has 1 aromatic heterocycles. The average molecular weight is 373 g/mol. The fourth-order valence-electron chi connectivity index (χ4n) is 2.58. The molecule has 1 saturated heterocycles. The molecule has 2 heterocycles. The predicted molar refractivity (Wildman–Crippen MR) is 88.0 cm³/mol. The van der Waals surface area contributed by atoms with Gasteiger partial charge in [-0.15, -0.1) is 11.3 Å². The molecule has 2 atom stereocenters. The van der Waals surface area contributed by atoms with Crippen LogP contribution in [0.2, 0.25) is 0 Å². The zero-order valence-electron chi connectivity index (χ0n) is 12.6. The summed E-state index contributed by atoms with van der Waals surface area (Å²) >= 11 is 5.06. The van der Waals surface area contributed by atoms with Crippen molar-refractivity contribution in [2.75, 3.05) is 0 Å². The van der Waals surface area contributed by atoms with Crippen molar-refractivity contribution in [3.8, 4) is 0 Å². The Bertz CT molecular complexity index is 529. The third-order valence-electron chi connectivity index (χ3n) is 3.58. The van der Waals surface area contributed by atoms with Gasteiger partial charge in [0.2, 0.25) is 11.8 Å². The van der Waals surface area contributed by atoms with Gasteiger partial charge in [-0.1, -0.05) is 13.8 Å². The lowest BCUT2D eigenvalue weighted by Crippen LogP contribution is -2.46. The molecule has 2 rings (SSSR count). The van der Waals surface area contributed by atoms with Gasteiger partial charge in [-0.05, 0) is 41.3 Å². The molecular formula is C15H21BrN2O2S. The van der Waals surface area contributed by atoms with Gasteiger partial charge in [0.25, 0.3) is 0 Å². The molecule has 0 aliphatic carbocycles. The lowest BCUT2D eigenvalue weighted by molar-refractivity contribution is -0.135. The molecule has 21 heavy (non-hydrogen) atoms. The van der Waals surface area contributed by atoms with Crippen molar-refractivity contribution in [3.05, 3.63) is 20.8 Å². The van der Waals surface area contributed by atoms with Crippen LogP contribution < -0.4 is 5.32 Å². The number of thiophene rings is 1. The summed E-state index contributed by atoms with van der Waals surface area (Å²) in [4.78, 5) is 27.7. The number of hydrogen-bond donors (Lipinski definition) is 1. The van der Waals surface area contributed by atoms with E-state index in [1.54, 1.807) is 11.3 Å². The van der Waals surface area contributed by atoms with Crippen molar-refractivity contribution in [1.82, 2.24) is 10.2 Å². The van der Waals surface area contributed by atoms with Crippen LogP contribution in [0.15, 0.2) is 15.9 Å². The second kappa shape index (κ2) is 6.92. The van der Waals surface area contributed by atoms with Gasteiger partial charge in [0.15, 0.2) is 0 Å². The molecule has 1 aliphatic heterocycles. The lowest BCUT2D eigenvalue weighted by atomic mass is 10.0. The minimum absolute atomic E-state index is 0.0311. The minimum Gasteiger partial charge on any atom is -0.344 e. The molecule has 4 nitrogen and oxygen atoms in total. The maximum absolute atomic E-state index is 12.8. The number of rotatable bonds is 4. The SMILES string of the molecule is CC(C)CC1NC(=O)CC(C)N(Cc2cc(Br)cs2)C1=O. The molecule has 1 fully saturated rings. The van der Waals surface area contributed by atoms with E-state index in [9.17, 15) is 9.59 Å². The van der Waals surface area contributed by atoms with Crippen LogP contribution in [0.5, 0.6) is 0 Å². The Morgan fingerprint density at radius 1 is 1.48 bits per heavy atom. The lowest BCUT2D eigenvalue weighted by Gasteiger charge is -2.28. The van der Waals surface area contributed by atoms with E-state index < -0.39 is 6.04 Å². The first kappa shape index (κ1) is 16.5. The largest absolute Gasteiger partial charge is 0.344 e. The highest BCUT2D eigenvalue weighted by Gasteiger charge is 2.34. The topological polar surface area (TPSA) is 49.4 Å². The standard InChI is InChI=1S/C15H21BrN2O2S/c1-9(2)4-13-15(20)18(10(3)5-14(19)17-13)7-12-6-11(16)8-21-12/h6,8-10,13H,4-5,7H2,1-3H3,(H,17,19). The summed E-state index contributed by atoms with van der Waals surface area (Å²) in [5.74, 6) is 0.369. The van der Waals surface area contributed by atoms with Crippen LogP contribution in [0.4, 0.5) is 0 Å². The molecule has 1 aromatic rings. The van der Waals surface area contributed by atoms with Crippen molar-refractivity contribution in [2.24, 2.45) is 5.92 Å². The molecule has 6 heteroatoms. The zero-order valence-corrected chi connectivity index (χ0v) is 15.0. The third kappa shape index (κ3) is 4.30. The second-order valence-corrected chi connectivity index (χ2v) is 7.91. The highest BCUT2D eigenvalue weighted by atomic mass is 79.9. The number of nitrogens with one attached hydrogen (secondary N) is 1. The van der Waals surface area contributed by atoms with Gasteiger partial charge in [0.05, 0.1) is 6.54 Å². The summed E-state index contributed by atoms with van der Waals surface area (Å²) in [6.07, 6.45) is 1.05. The highest BCUT2D eigenvalue weighted by Crippen LogP contribution is 2.24. The number of carbonyl (C=O) groups excluding carboxylic acids is 2. The molecule has 0 bridgehead atoms. The fourth-order valence-corrected chi connectivity index (χ4v) is 4.03. The molecule has 0 radical (unpaired) electrons. The van der Waals surface area contributed by atoms with Gasteiger partial charge >= 0.3 is 0 Å². The van der Waals surface area contributed by atoms with E-state index in [-0.39, 0.29) is 17.9 Å². The molecule has 1 N–H and O–H groups in total. The van der Waals surface area contributed by atoms with Gasteiger partial charge in [-0.2, -0.15) is 0 Å². The second-order valence-electron chi connectivity index (χ2n) is 6.00. The Labute approximate surface area is 138 Å². The van der Waals surface area contributed by atoms with Crippen LogP contribution in [-0.4, -0.2) is 28.8 Å². The summed E-state index contributed by atoms with van der Waals surface area (Å²) in [6, 6.07) is 1.56. The van der Waals surface area contributed by atoms with Crippen LogP contribution in [0.1, 0.15) is 38.5 Å². The Morgan fingerprint density at radius 2 is 2.19 bits per heavy atom. The number of nitrogens with zero attached hydrogens (tertiary/aromatic N) is 1. The Hall–Kier alpha value is -0.880. The van der Waals surface area contributed by atoms with E-state index in [0.29, 0.717) is 25.3 Å². The molecule has 2 unspecified atom stereocenters. The first-order valence-corrected chi connectivity index (χ1v) is 8.87. The van der Waals surface area contributed by atoms with Crippen LogP contribution >= 0.6 is 27.3 Å². The summed E-state index contributed by atoms with van der Waals surface area (Å²) in [5, 5.41) is 4.89. The highest BCUT2D eigenvalue weighted by molar-refractivity contribution is 9.10. The summed E-state index contributed by atoms with van der Waals surface area (Å²) < 4.78 is 1.03. The molecule has 0 spiro atoms. The molecule has 0 saturated carbocycles. The Balaban J connectivity index is 2.19. The van der Waals surface area contributed by atoms with Gasteiger partial charge in [-0.3, -0.25) is 9.59 Å². The van der Waals surface area contributed by atoms with E-state index in [2.05, 4.69) is 35.1 Å². The number of halogens is 1. The molecule has 116 valence electrons. The van der Waals surface area contributed by atoms with Gasteiger partial charge in [0.1, 0.15) is 6.04 Å². The van der Waals surface area contributed by atoms with Crippen molar-refractivity contribution in [2.45, 2.75) is 52.2 Å². The predicted octanol–water partition coefficient (Wildman–Crippen LogP) is 3.16. The van der Waals surface area contributed by atoms with Gasteiger partial charge in [0, 0.05) is 27.2 Å². The maximum atomic E-state index is 12.8. The van der Waals surface area contributed by atoms with Crippen molar-refractivity contribution < 1.29 is 9.59 Å². The van der Waals surface area contributed by atoms with Crippen molar-refractivity contribution in [1.29, 1.82) is 0 Å². The number of carbonyl (C=O) groups is 2. The van der Waals surface area contributed by atoms with Crippen LogP contribution in [0, 0.1) is 5.92 Å². The number of hydrogen-bond acceptors (Lipinski definition) is 3. The maximum Gasteiger partial charge on any atom is 0.245 e. The third-order valence-corrected chi connectivity index (χ3v) is 5.27. The van der Waals surface area contributed by atoms with E-state index in [1.165, 1.54) is 0 Å². The normalized spacial score (nSPS) is 23.4. The van der Waals surface area contributed by atoms with Gasteiger partial charge in [-0.25, -0.2) is 0 Å². The summed E-state index contributed by atoms with van der Waals surface area (Å²) in [6.45, 7) is 6.64. The van der Waals surface area contributed by atoms with Crippen molar-refractivity contribution >= 4 is 39.1 Å². The molecular weight excluding hydrogens is 352 g/mol. The fraction of sp³-hybridized carbons (Fsp3) is 0.600. The zero-order chi connectivity index (χ0) is 15.6. The number of amides is 2. The van der Waals surface area contributed by atoms with Gasteiger partial charge < -0.3 is 10.2 Å².